The molecule has 6 nitrogen and oxygen atoms in total. The second-order valence-corrected chi connectivity index (χ2v) is 5.64. The van der Waals surface area contributed by atoms with Gasteiger partial charge in [0.2, 0.25) is 0 Å². The summed E-state index contributed by atoms with van der Waals surface area (Å²) in [5, 5.41) is 9.41. The topological polar surface area (TPSA) is 98.9 Å². The molecule has 1 rings (SSSR count). The number of hydrogen-bond acceptors (Lipinski definition) is 5. The second-order valence-electron chi connectivity index (χ2n) is 5.64. The summed E-state index contributed by atoms with van der Waals surface area (Å²) in [7, 11) is 1.56. The van der Waals surface area contributed by atoms with Crippen LogP contribution in [0.25, 0.3) is 0 Å². The van der Waals surface area contributed by atoms with E-state index >= 15 is 0 Å². The lowest BCUT2D eigenvalue weighted by Gasteiger charge is -2.30. The number of esters is 1. The van der Waals surface area contributed by atoms with E-state index in [1.54, 1.807) is 14.0 Å². The predicted octanol–water partition coefficient (Wildman–Crippen LogP) is 2.00. The smallest absolute Gasteiger partial charge is 0.323 e. The Kier molecular flexibility index (Phi) is 7.03. The van der Waals surface area contributed by atoms with E-state index in [2.05, 4.69) is 0 Å². The zero-order chi connectivity index (χ0) is 17.5. The molecule has 0 saturated heterocycles. The fourth-order valence-corrected chi connectivity index (χ4v) is 2.45. The standard InChI is InChI=1S/C17H25NO5/c1-4-23-15(19)10-9-13(17(2,18)16(20)21)11-12-7-5-6-8-14(12)22-3/h5-8,13H,4,9-11,18H2,1-3H3,(H,20,21). The largest absolute Gasteiger partial charge is 0.496 e. The number of methoxy groups -OCH3 is 1. The third-order valence-corrected chi connectivity index (χ3v) is 3.97. The number of rotatable bonds is 9. The SMILES string of the molecule is CCOC(=O)CCC(Cc1ccccc1OC)C(C)(N)C(=O)O. The number of hydrogen-bond donors (Lipinski definition) is 2. The normalized spacial score (nSPS) is 14.6. The Bertz CT molecular complexity index is 542. The highest BCUT2D eigenvalue weighted by atomic mass is 16.5. The van der Waals surface area contributed by atoms with Crippen molar-refractivity contribution in [1.82, 2.24) is 0 Å². The van der Waals surface area contributed by atoms with Gasteiger partial charge in [-0.3, -0.25) is 9.59 Å². The summed E-state index contributed by atoms with van der Waals surface area (Å²) >= 11 is 0. The first-order valence-corrected chi connectivity index (χ1v) is 7.62. The third kappa shape index (κ3) is 5.25. The van der Waals surface area contributed by atoms with E-state index in [1.165, 1.54) is 6.92 Å². The van der Waals surface area contributed by atoms with Crippen LogP contribution in [-0.4, -0.2) is 36.3 Å². The van der Waals surface area contributed by atoms with Crippen molar-refractivity contribution in [2.75, 3.05) is 13.7 Å². The lowest BCUT2D eigenvalue weighted by molar-refractivity contribution is -0.147. The highest BCUT2D eigenvalue weighted by Gasteiger charge is 2.38. The number of carboxylic acid groups (broad SMARTS) is 1. The Morgan fingerprint density at radius 3 is 2.57 bits per heavy atom. The summed E-state index contributed by atoms with van der Waals surface area (Å²) in [6, 6.07) is 7.38. The van der Waals surface area contributed by atoms with Crippen LogP contribution in [0.2, 0.25) is 0 Å². The minimum Gasteiger partial charge on any atom is -0.496 e. The highest BCUT2D eigenvalue weighted by Crippen LogP contribution is 2.29. The molecule has 2 unspecified atom stereocenters. The van der Waals surface area contributed by atoms with Gasteiger partial charge in [-0.25, -0.2) is 0 Å². The molecule has 3 N–H and O–H groups in total. The number of nitrogens with two attached hydrogens (primary N) is 1. The zero-order valence-electron chi connectivity index (χ0n) is 13.9. The van der Waals surface area contributed by atoms with Gasteiger partial charge < -0.3 is 20.3 Å². The predicted molar refractivity (Wildman–Crippen MR) is 86.3 cm³/mol. The van der Waals surface area contributed by atoms with Crippen molar-refractivity contribution in [1.29, 1.82) is 0 Å². The minimum absolute atomic E-state index is 0.133. The van der Waals surface area contributed by atoms with Crippen molar-refractivity contribution in [2.45, 2.75) is 38.6 Å². The van der Waals surface area contributed by atoms with Gasteiger partial charge in [0.05, 0.1) is 13.7 Å². The van der Waals surface area contributed by atoms with Crippen molar-refractivity contribution in [2.24, 2.45) is 11.7 Å². The molecule has 2 atom stereocenters. The fraction of sp³-hybridized carbons (Fsp3) is 0.529. The van der Waals surface area contributed by atoms with Crippen LogP contribution in [0.3, 0.4) is 0 Å². The number of benzene rings is 1. The Morgan fingerprint density at radius 2 is 2.00 bits per heavy atom. The van der Waals surface area contributed by atoms with E-state index < -0.39 is 17.4 Å². The number of aliphatic carboxylic acids is 1. The molecule has 0 amide bonds. The quantitative estimate of drug-likeness (QED) is 0.674. The number of carboxylic acids is 1. The molecule has 0 aliphatic rings. The van der Waals surface area contributed by atoms with Crippen LogP contribution in [0.15, 0.2) is 24.3 Å². The molecule has 23 heavy (non-hydrogen) atoms. The van der Waals surface area contributed by atoms with Crippen molar-refractivity contribution in [3.8, 4) is 5.75 Å². The Hall–Kier alpha value is -2.08. The molecular formula is C17H25NO5. The maximum Gasteiger partial charge on any atom is 0.323 e. The number of ether oxygens (including phenoxy) is 2. The number of carbonyl (C=O) groups excluding carboxylic acids is 1. The van der Waals surface area contributed by atoms with Gasteiger partial charge in [0.1, 0.15) is 11.3 Å². The molecule has 0 spiro atoms. The molecule has 1 aromatic carbocycles. The molecule has 128 valence electrons. The van der Waals surface area contributed by atoms with Crippen molar-refractivity contribution >= 4 is 11.9 Å². The third-order valence-electron chi connectivity index (χ3n) is 3.97. The minimum atomic E-state index is -1.45. The van der Waals surface area contributed by atoms with Gasteiger partial charge in [-0.2, -0.15) is 0 Å². The van der Waals surface area contributed by atoms with E-state index in [-0.39, 0.29) is 12.4 Å². The summed E-state index contributed by atoms with van der Waals surface area (Å²) in [6.45, 7) is 3.50. The molecule has 0 saturated carbocycles. The maximum absolute atomic E-state index is 11.6. The first-order valence-electron chi connectivity index (χ1n) is 7.62. The van der Waals surface area contributed by atoms with Crippen LogP contribution < -0.4 is 10.5 Å². The molecule has 6 heteroatoms. The fourth-order valence-electron chi connectivity index (χ4n) is 2.45. The first-order chi connectivity index (χ1) is 10.8. The van der Waals surface area contributed by atoms with Crippen LogP contribution in [-0.2, 0) is 20.7 Å². The van der Waals surface area contributed by atoms with E-state index in [4.69, 9.17) is 15.2 Å². The number of para-hydroxylation sites is 1. The average molecular weight is 323 g/mol. The second kappa shape index (κ2) is 8.53. The molecule has 1 aromatic rings. The highest BCUT2D eigenvalue weighted by molar-refractivity contribution is 5.78. The first kappa shape index (κ1) is 19.0. The molecule has 0 aliphatic carbocycles. The van der Waals surface area contributed by atoms with E-state index in [1.807, 2.05) is 24.3 Å². The van der Waals surface area contributed by atoms with Gasteiger partial charge in [-0.15, -0.1) is 0 Å². The molecule has 0 aliphatic heterocycles. The average Bonchev–Trinajstić information content (AvgIpc) is 2.51. The number of carbonyl (C=O) groups is 2. The van der Waals surface area contributed by atoms with Crippen molar-refractivity contribution < 1.29 is 24.2 Å². The van der Waals surface area contributed by atoms with Gasteiger partial charge in [-0.1, -0.05) is 18.2 Å². The van der Waals surface area contributed by atoms with Crippen LogP contribution in [0, 0.1) is 5.92 Å². The molecular weight excluding hydrogens is 298 g/mol. The Balaban J connectivity index is 2.95. The van der Waals surface area contributed by atoms with Gasteiger partial charge in [0, 0.05) is 6.42 Å². The maximum atomic E-state index is 11.6. The van der Waals surface area contributed by atoms with Crippen LogP contribution in [0.1, 0.15) is 32.3 Å². The van der Waals surface area contributed by atoms with Crippen molar-refractivity contribution in [3.05, 3.63) is 29.8 Å². The molecule has 0 aromatic heterocycles. The van der Waals surface area contributed by atoms with Gasteiger partial charge >= 0.3 is 11.9 Å². The van der Waals surface area contributed by atoms with Gasteiger partial charge in [0.15, 0.2) is 0 Å². The van der Waals surface area contributed by atoms with Crippen LogP contribution >= 0.6 is 0 Å². The Morgan fingerprint density at radius 1 is 1.35 bits per heavy atom. The summed E-state index contributed by atoms with van der Waals surface area (Å²) in [5.41, 5.74) is 5.42. The molecule has 0 bridgehead atoms. The van der Waals surface area contributed by atoms with Gasteiger partial charge in [-0.05, 0) is 44.2 Å². The molecule has 0 fully saturated rings. The van der Waals surface area contributed by atoms with E-state index in [0.29, 0.717) is 25.2 Å². The van der Waals surface area contributed by atoms with Gasteiger partial charge in [0.25, 0.3) is 0 Å². The molecule has 0 radical (unpaired) electrons. The van der Waals surface area contributed by atoms with Crippen molar-refractivity contribution in [3.63, 3.8) is 0 Å². The van der Waals surface area contributed by atoms with Crippen LogP contribution in [0.4, 0.5) is 0 Å². The van der Waals surface area contributed by atoms with E-state index in [0.717, 1.165) is 5.56 Å². The Labute approximate surface area is 136 Å². The summed E-state index contributed by atoms with van der Waals surface area (Å²) in [5.74, 6) is -1.20. The van der Waals surface area contributed by atoms with E-state index in [9.17, 15) is 14.7 Å². The summed E-state index contributed by atoms with van der Waals surface area (Å²) < 4.78 is 10.2. The monoisotopic (exact) mass is 323 g/mol. The van der Waals surface area contributed by atoms with Crippen LogP contribution in [0.5, 0.6) is 5.75 Å². The summed E-state index contributed by atoms with van der Waals surface area (Å²) in [6.07, 6.45) is 0.868. The summed E-state index contributed by atoms with van der Waals surface area (Å²) in [4.78, 5) is 23.1. The lowest BCUT2D eigenvalue weighted by atomic mass is 9.79. The molecule has 0 heterocycles. The lowest BCUT2D eigenvalue weighted by Crippen LogP contribution is -2.52. The zero-order valence-corrected chi connectivity index (χ0v) is 13.9.